The average molecular weight is 178 g/mol. The summed E-state index contributed by atoms with van der Waals surface area (Å²) in [5.41, 5.74) is 3.69. The lowest BCUT2D eigenvalue weighted by molar-refractivity contribution is 0.430. The van der Waals surface area contributed by atoms with E-state index in [0.717, 1.165) is 18.8 Å². The lowest BCUT2D eigenvalue weighted by atomic mass is 10.1. The van der Waals surface area contributed by atoms with Gasteiger partial charge in [0, 0.05) is 25.8 Å². The normalized spacial score (nSPS) is 18.7. The van der Waals surface area contributed by atoms with E-state index in [1.165, 1.54) is 11.1 Å². The van der Waals surface area contributed by atoms with Gasteiger partial charge in [-0.05, 0) is 31.2 Å². The van der Waals surface area contributed by atoms with Crippen LogP contribution in [0.4, 0.5) is 0 Å². The highest BCUT2D eigenvalue weighted by Crippen LogP contribution is 2.16. The van der Waals surface area contributed by atoms with Crippen molar-refractivity contribution in [3.8, 4) is 0 Å². The minimum Gasteiger partial charge on any atom is -0.389 e. The van der Waals surface area contributed by atoms with Crippen molar-refractivity contribution in [2.24, 2.45) is 0 Å². The molecule has 0 aromatic rings. The van der Waals surface area contributed by atoms with Gasteiger partial charge in [-0.15, -0.1) is 0 Å². The summed E-state index contributed by atoms with van der Waals surface area (Å²) in [6.45, 7) is 8.12. The molecule has 72 valence electrons. The zero-order chi connectivity index (χ0) is 9.84. The van der Waals surface area contributed by atoms with Gasteiger partial charge >= 0.3 is 0 Å². The maximum absolute atomic E-state index is 3.88. The van der Waals surface area contributed by atoms with Crippen molar-refractivity contribution in [3.05, 3.63) is 35.6 Å². The Morgan fingerprint density at radius 1 is 1.69 bits per heavy atom. The summed E-state index contributed by atoms with van der Waals surface area (Å²) in [4.78, 5) is 2.29. The zero-order valence-electron chi connectivity index (χ0n) is 8.72. The molecule has 0 radical (unpaired) electrons. The van der Waals surface area contributed by atoms with E-state index in [9.17, 15) is 0 Å². The number of nitrogens with zero attached hydrogens (tertiary/aromatic N) is 1. The second-order valence-electron chi connectivity index (χ2n) is 3.53. The summed E-state index contributed by atoms with van der Waals surface area (Å²) >= 11 is 0. The summed E-state index contributed by atoms with van der Waals surface area (Å²) in [6, 6.07) is 0. The summed E-state index contributed by atoms with van der Waals surface area (Å²) in [7, 11) is 4.02. The molecular weight excluding hydrogens is 160 g/mol. The van der Waals surface area contributed by atoms with Crippen molar-refractivity contribution in [1.29, 1.82) is 0 Å². The van der Waals surface area contributed by atoms with Gasteiger partial charge in [-0.2, -0.15) is 0 Å². The fourth-order valence-electron chi connectivity index (χ4n) is 1.40. The third kappa shape index (κ3) is 2.74. The molecule has 1 aliphatic heterocycles. The molecule has 1 heterocycles. The number of likely N-dealkylation sites (N-methyl/N-ethyl adjacent to an activating group) is 2. The van der Waals surface area contributed by atoms with Crippen LogP contribution in [0.15, 0.2) is 35.6 Å². The Labute approximate surface area is 80.6 Å². The topological polar surface area (TPSA) is 15.3 Å². The van der Waals surface area contributed by atoms with Crippen LogP contribution in [-0.4, -0.2) is 32.1 Å². The molecule has 0 atom stereocenters. The number of rotatable bonds is 3. The van der Waals surface area contributed by atoms with Crippen LogP contribution < -0.4 is 5.32 Å². The van der Waals surface area contributed by atoms with Gasteiger partial charge in [-0.1, -0.05) is 12.7 Å². The first-order chi connectivity index (χ1) is 6.13. The number of nitrogens with one attached hydrogen (secondary N) is 1. The first-order valence-electron chi connectivity index (χ1n) is 4.56. The molecule has 2 nitrogen and oxygen atoms in total. The van der Waals surface area contributed by atoms with Gasteiger partial charge in [-0.3, -0.25) is 4.90 Å². The molecule has 13 heavy (non-hydrogen) atoms. The SMILES string of the molecule is C=C(/C=C(\C)C1=CCN(C)C1)NC. The van der Waals surface area contributed by atoms with E-state index in [4.69, 9.17) is 0 Å². The first-order valence-corrected chi connectivity index (χ1v) is 4.56. The van der Waals surface area contributed by atoms with Crippen molar-refractivity contribution in [2.45, 2.75) is 6.92 Å². The quantitative estimate of drug-likeness (QED) is 0.659. The minimum absolute atomic E-state index is 0.966. The molecule has 2 heteroatoms. The third-order valence-electron chi connectivity index (χ3n) is 2.31. The molecule has 0 saturated heterocycles. The van der Waals surface area contributed by atoms with Crippen LogP contribution >= 0.6 is 0 Å². The summed E-state index contributed by atoms with van der Waals surface area (Å²) in [6.07, 6.45) is 4.36. The van der Waals surface area contributed by atoms with E-state index >= 15 is 0 Å². The van der Waals surface area contributed by atoms with E-state index in [2.05, 4.69) is 42.9 Å². The molecule has 1 rings (SSSR count). The fourth-order valence-corrected chi connectivity index (χ4v) is 1.40. The van der Waals surface area contributed by atoms with Gasteiger partial charge in [0.2, 0.25) is 0 Å². The van der Waals surface area contributed by atoms with Gasteiger partial charge in [0.1, 0.15) is 0 Å². The second-order valence-corrected chi connectivity index (χ2v) is 3.53. The smallest absolute Gasteiger partial charge is 0.0267 e. The van der Waals surface area contributed by atoms with E-state index in [1.54, 1.807) is 0 Å². The molecule has 0 aliphatic carbocycles. The van der Waals surface area contributed by atoms with Crippen LogP contribution in [0.25, 0.3) is 0 Å². The Hall–Kier alpha value is -1.02. The number of hydrogen-bond acceptors (Lipinski definition) is 2. The highest BCUT2D eigenvalue weighted by Gasteiger charge is 2.10. The lowest BCUT2D eigenvalue weighted by Gasteiger charge is -2.08. The lowest BCUT2D eigenvalue weighted by Crippen LogP contribution is -2.14. The van der Waals surface area contributed by atoms with Crippen molar-refractivity contribution in [2.75, 3.05) is 27.2 Å². The largest absolute Gasteiger partial charge is 0.389 e. The van der Waals surface area contributed by atoms with Gasteiger partial charge in [-0.25, -0.2) is 0 Å². The standard InChI is InChI=1S/C11H18N2/c1-9(7-10(2)12-3)11-5-6-13(4)8-11/h5,7,12H,2,6,8H2,1,3-4H3/b9-7+. The van der Waals surface area contributed by atoms with Gasteiger partial charge in [0.25, 0.3) is 0 Å². The fraction of sp³-hybridized carbons (Fsp3) is 0.455. The van der Waals surface area contributed by atoms with Gasteiger partial charge in [0.15, 0.2) is 0 Å². The van der Waals surface area contributed by atoms with E-state index < -0.39 is 0 Å². The highest BCUT2D eigenvalue weighted by atomic mass is 15.1. The van der Waals surface area contributed by atoms with Crippen LogP contribution in [-0.2, 0) is 0 Å². The summed E-state index contributed by atoms with van der Waals surface area (Å²) in [5, 5.41) is 3.02. The summed E-state index contributed by atoms with van der Waals surface area (Å²) < 4.78 is 0. The molecule has 0 unspecified atom stereocenters. The maximum Gasteiger partial charge on any atom is 0.0267 e. The van der Waals surface area contributed by atoms with E-state index in [1.807, 2.05) is 7.05 Å². The molecule has 0 amide bonds. The van der Waals surface area contributed by atoms with Gasteiger partial charge in [0.05, 0.1) is 0 Å². The Kier molecular flexibility index (Phi) is 3.32. The van der Waals surface area contributed by atoms with E-state index in [0.29, 0.717) is 0 Å². The monoisotopic (exact) mass is 178 g/mol. The number of hydrogen-bond donors (Lipinski definition) is 1. The predicted octanol–water partition coefficient (Wildman–Crippen LogP) is 1.54. The number of allylic oxidation sites excluding steroid dienone is 1. The van der Waals surface area contributed by atoms with Crippen LogP contribution in [0.2, 0.25) is 0 Å². The van der Waals surface area contributed by atoms with Crippen molar-refractivity contribution in [3.63, 3.8) is 0 Å². The van der Waals surface area contributed by atoms with Crippen LogP contribution in [0.3, 0.4) is 0 Å². The molecule has 0 aromatic carbocycles. The first kappa shape index (κ1) is 10.1. The Bertz CT molecular complexity index is 261. The van der Waals surface area contributed by atoms with Gasteiger partial charge < -0.3 is 5.32 Å². The van der Waals surface area contributed by atoms with Crippen molar-refractivity contribution in [1.82, 2.24) is 10.2 Å². The second kappa shape index (κ2) is 4.28. The highest BCUT2D eigenvalue weighted by molar-refractivity contribution is 5.37. The molecule has 0 aromatic heterocycles. The summed E-state index contributed by atoms with van der Waals surface area (Å²) in [5.74, 6) is 0. The molecule has 0 saturated carbocycles. The Morgan fingerprint density at radius 2 is 2.38 bits per heavy atom. The average Bonchev–Trinajstić information content (AvgIpc) is 2.51. The molecule has 0 fully saturated rings. The molecule has 1 aliphatic rings. The minimum atomic E-state index is 0.966. The van der Waals surface area contributed by atoms with Crippen LogP contribution in [0.1, 0.15) is 6.92 Å². The Morgan fingerprint density at radius 3 is 2.85 bits per heavy atom. The van der Waals surface area contributed by atoms with Crippen molar-refractivity contribution >= 4 is 0 Å². The Balaban J connectivity index is 2.62. The zero-order valence-corrected chi connectivity index (χ0v) is 8.72. The van der Waals surface area contributed by atoms with Crippen LogP contribution in [0, 0.1) is 0 Å². The van der Waals surface area contributed by atoms with E-state index in [-0.39, 0.29) is 0 Å². The molecule has 1 N–H and O–H groups in total. The maximum atomic E-state index is 3.88. The molecule has 0 spiro atoms. The van der Waals surface area contributed by atoms with Crippen LogP contribution in [0.5, 0.6) is 0 Å². The third-order valence-corrected chi connectivity index (χ3v) is 2.31. The predicted molar refractivity (Wildman–Crippen MR) is 57.5 cm³/mol. The van der Waals surface area contributed by atoms with Crippen molar-refractivity contribution < 1.29 is 0 Å². The molecular formula is C11H18N2. The molecule has 0 bridgehead atoms.